The highest BCUT2D eigenvalue weighted by Gasteiger charge is 2.31. The number of likely N-dealkylation sites (tertiary alicyclic amines) is 2. The second-order valence-corrected chi connectivity index (χ2v) is 8.83. The molecule has 162 valence electrons. The van der Waals surface area contributed by atoms with Crippen molar-refractivity contribution in [2.45, 2.75) is 51.7 Å². The van der Waals surface area contributed by atoms with Gasteiger partial charge in [0.15, 0.2) is 0 Å². The molecule has 0 saturated carbocycles. The SMILES string of the molecule is Cc1nn(C)cc1CNC(=O)[C@H]1CCCN(C2CCN(Cc3ccncc3)CC2)C1. The van der Waals surface area contributed by atoms with Crippen molar-refractivity contribution in [3.63, 3.8) is 0 Å². The van der Waals surface area contributed by atoms with Crippen LogP contribution in [0.5, 0.6) is 0 Å². The third-order valence-corrected chi connectivity index (χ3v) is 6.62. The van der Waals surface area contributed by atoms with Crippen molar-refractivity contribution in [1.29, 1.82) is 0 Å². The van der Waals surface area contributed by atoms with Crippen LogP contribution in [0, 0.1) is 12.8 Å². The lowest BCUT2D eigenvalue weighted by molar-refractivity contribution is -0.127. The van der Waals surface area contributed by atoms with Crippen molar-refractivity contribution in [2.75, 3.05) is 26.2 Å². The van der Waals surface area contributed by atoms with Gasteiger partial charge in [-0.3, -0.25) is 24.3 Å². The first-order valence-electron chi connectivity index (χ1n) is 11.2. The summed E-state index contributed by atoms with van der Waals surface area (Å²) in [5.41, 5.74) is 3.42. The van der Waals surface area contributed by atoms with Crippen molar-refractivity contribution in [1.82, 2.24) is 29.9 Å². The number of aromatic nitrogens is 3. The van der Waals surface area contributed by atoms with Crippen molar-refractivity contribution in [2.24, 2.45) is 13.0 Å². The zero-order chi connectivity index (χ0) is 20.9. The molecule has 2 aromatic rings. The van der Waals surface area contributed by atoms with Crippen LogP contribution in [0.2, 0.25) is 0 Å². The molecule has 2 aliphatic heterocycles. The molecule has 0 aromatic carbocycles. The Morgan fingerprint density at radius 3 is 2.63 bits per heavy atom. The summed E-state index contributed by atoms with van der Waals surface area (Å²) in [6.07, 6.45) is 10.2. The van der Waals surface area contributed by atoms with Crippen LogP contribution in [0.3, 0.4) is 0 Å². The molecule has 2 saturated heterocycles. The van der Waals surface area contributed by atoms with E-state index in [1.54, 1.807) is 4.68 Å². The van der Waals surface area contributed by atoms with Gasteiger partial charge in [-0.1, -0.05) is 0 Å². The van der Waals surface area contributed by atoms with Crippen LogP contribution in [-0.4, -0.2) is 62.7 Å². The summed E-state index contributed by atoms with van der Waals surface area (Å²) < 4.78 is 1.81. The van der Waals surface area contributed by atoms with Crippen LogP contribution < -0.4 is 5.32 Å². The molecule has 7 nitrogen and oxygen atoms in total. The molecule has 0 bridgehead atoms. The lowest BCUT2D eigenvalue weighted by Crippen LogP contribution is -2.50. The number of carbonyl (C=O) groups is 1. The average molecular weight is 411 g/mol. The van der Waals surface area contributed by atoms with Gasteiger partial charge in [0.2, 0.25) is 5.91 Å². The summed E-state index contributed by atoms with van der Waals surface area (Å²) in [6.45, 7) is 7.84. The predicted octanol–water partition coefficient (Wildman–Crippen LogP) is 2.12. The Bertz CT molecular complexity index is 827. The fraction of sp³-hybridized carbons (Fsp3) is 0.609. The Kier molecular flexibility index (Phi) is 6.79. The second-order valence-electron chi connectivity index (χ2n) is 8.83. The van der Waals surface area contributed by atoms with Gasteiger partial charge in [0.1, 0.15) is 0 Å². The maximum atomic E-state index is 12.8. The molecule has 4 heterocycles. The zero-order valence-electron chi connectivity index (χ0n) is 18.3. The molecule has 7 heteroatoms. The average Bonchev–Trinajstić information content (AvgIpc) is 3.10. The van der Waals surface area contributed by atoms with E-state index >= 15 is 0 Å². The number of carbonyl (C=O) groups excluding carboxylic acids is 1. The monoisotopic (exact) mass is 410 g/mol. The maximum Gasteiger partial charge on any atom is 0.224 e. The molecule has 1 atom stereocenters. The summed E-state index contributed by atoms with van der Waals surface area (Å²) in [4.78, 5) is 22.0. The van der Waals surface area contributed by atoms with E-state index in [1.165, 1.54) is 18.4 Å². The molecule has 1 N–H and O–H groups in total. The van der Waals surface area contributed by atoms with E-state index in [4.69, 9.17) is 0 Å². The summed E-state index contributed by atoms with van der Waals surface area (Å²) >= 11 is 0. The largest absolute Gasteiger partial charge is 0.352 e. The highest BCUT2D eigenvalue weighted by atomic mass is 16.1. The standard InChI is InChI=1S/C23H34N6O/c1-18-21(16-27(2)26-18)14-25-23(30)20-4-3-11-29(17-20)22-7-12-28(13-8-22)15-19-5-9-24-10-6-19/h5-6,9-10,16,20,22H,3-4,7-8,11-15,17H2,1-2H3,(H,25,30)/t20-/m0/s1. The topological polar surface area (TPSA) is 66.3 Å². The summed E-state index contributed by atoms with van der Waals surface area (Å²) in [6, 6.07) is 4.81. The molecule has 4 rings (SSSR count). The van der Waals surface area contributed by atoms with E-state index in [2.05, 4.69) is 37.3 Å². The van der Waals surface area contributed by atoms with Crippen LogP contribution in [0.25, 0.3) is 0 Å². The van der Waals surface area contributed by atoms with Gasteiger partial charge in [-0.05, 0) is 69.9 Å². The van der Waals surface area contributed by atoms with Gasteiger partial charge in [0, 0.05) is 56.9 Å². The van der Waals surface area contributed by atoms with Crippen LogP contribution in [0.4, 0.5) is 0 Å². The quantitative estimate of drug-likeness (QED) is 0.790. The Balaban J connectivity index is 1.24. The smallest absolute Gasteiger partial charge is 0.224 e. The molecular formula is C23H34N6O. The normalized spacial score (nSPS) is 21.6. The number of amides is 1. The van der Waals surface area contributed by atoms with Crippen LogP contribution in [0.1, 0.15) is 42.5 Å². The van der Waals surface area contributed by atoms with Crippen LogP contribution in [0.15, 0.2) is 30.7 Å². The van der Waals surface area contributed by atoms with Crippen molar-refractivity contribution in [3.05, 3.63) is 47.5 Å². The first-order valence-corrected chi connectivity index (χ1v) is 11.2. The van der Waals surface area contributed by atoms with Gasteiger partial charge in [0.05, 0.1) is 11.6 Å². The first-order chi connectivity index (χ1) is 14.6. The van der Waals surface area contributed by atoms with E-state index < -0.39 is 0 Å². The number of pyridine rings is 1. The number of nitrogens with zero attached hydrogens (tertiary/aromatic N) is 5. The number of rotatable bonds is 6. The third-order valence-electron chi connectivity index (χ3n) is 6.62. The van der Waals surface area contributed by atoms with Crippen molar-refractivity contribution >= 4 is 5.91 Å². The molecule has 2 aliphatic rings. The fourth-order valence-corrected chi connectivity index (χ4v) is 4.89. The number of piperidine rings is 2. The van der Waals surface area contributed by atoms with E-state index in [-0.39, 0.29) is 11.8 Å². The molecule has 0 spiro atoms. The minimum atomic E-state index is 0.102. The third kappa shape index (κ3) is 5.26. The molecule has 2 aromatic heterocycles. The zero-order valence-corrected chi connectivity index (χ0v) is 18.3. The lowest BCUT2D eigenvalue weighted by Gasteiger charge is -2.42. The molecule has 0 radical (unpaired) electrons. The molecule has 1 amide bonds. The van der Waals surface area contributed by atoms with E-state index in [0.29, 0.717) is 12.6 Å². The second kappa shape index (κ2) is 9.71. The molecule has 0 unspecified atom stereocenters. The summed E-state index contributed by atoms with van der Waals surface area (Å²) in [7, 11) is 1.92. The lowest BCUT2D eigenvalue weighted by atomic mass is 9.93. The highest BCUT2D eigenvalue weighted by molar-refractivity contribution is 5.79. The minimum absolute atomic E-state index is 0.102. The summed E-state index contributed by atoms with van der Waals surface area (Å²) in [5, 5.41) is 7.51. The molecule has 30 heavy (non-hydrogen) atoms. The number of aryl methyl sites for hydroxylation is 2. The van der Waals surface area contributed by atoms with Gasteiger partial charge in [-0.2, -0.15) is 5.10 Å². The minimum Gasteiger partial charge on any atom is -0.352 e. The van der Waals surface area contributed by atoms with Gasteiger partial charge in [0.25, 0.3) is 0 Å². The van der Waals surface area contributed by atoms with Gasteiger partial charge >= 0.3 is 0 Å². The fourth-order valence-electron chi connectivity index (χ4n) is 4.89. The van der Waals surface area contributed by atoms with Gasteiger partial charge < -0.3 is 5.32 Å². The number of hydrogen-bond acceptors (Lipinski definition) is 5. The van der Waals surface area contributed by atoms with Crippen LogP contribution in [-0.2, 0) is 24.9 Å². The van der Waals surface area contributed by atoms with Gasteiger partial charge in [-0.15, -0.1) is 0 Å². The maximum absolute atomic E-state index is 12.8. The van der Waals surface area contributed by atoms with Crippen molar-refractivity contribution in [3.8, 4) is 0 Å². The van der Waals surface area contributed by atoms with E-state index in [1.807, 2.05) is 32.6 Å². The number of nitrogens with one attached hydrogen (secondary N) is 1. The molecule has 2 fully saturated rings. The highest BCUT2D eigenvalue weighted by Crippen LogP contribution is 2.25. The van der Waals surface area contributed by atoms with Gasteiger partial charge in [-0.25, -0.2) is 0 Å². The predicted molar refractivity (Wildman–Crippen MR) is 117 cm³/mol. The van der Waals surface area contributed by atoms with E-state index in [9.17, 15) is 4.79 Å². The molecular weight excluding hydrogens is 376 g/mol. The Hall–Kier alpha value is -2.25. The van der Waals surface area contributed by atoms with Crippen LogP contribution >= 0.6 is 0 Å². The Morgan fingerprint density at radius 2 is 1.93 bits per heavy atom. The van der Waals surface area contributed by atoms with E-state index in [0.717, 1.165) is 56.8 Å². The van der Waals surface area contributed by atoms with Crippen molar-refractivity contribution < 1.29 is 4.79 Å². The Labute approximate surface area is 179 Å². The summed E-state index contributed by atoms with van der Waals surface area (Å²) in [5.74, 6) is 0.295. The first kappa shape index (κ1) is 21.0. The molecule has 0 aliphatic carbocycles. The number of hydrogen-bond donors (Lipinski definition) is 1. The Morgan fingerprint density at radius 1 is 1.17 bits per heavy atom.